The van der Waals surface area contributed by atoms with E-state index in [0.717, 1.165) is 15.4 Å². The van der Waals surface area contributed by atoms with Crippen LogP contribution >= 0.6 is 0 Å². The minimum atomic E-state index is -3.71. The molecule has 140 valence electrons. The third-order valence-electron chi connectivity index (χ3n) is 4.03. The number of nitrogens with one attached hydrogen (secondary N) is 1. The number of hydrogen-bond acceptors (Lipinski definition) is 4. The van der Waals surface area contributed by atoms with Gasteiger partial charge in [-0.05, 0) is 62.2 Å². The standard InChI is InChI=1S/C19H24N2O4S/c1-6-25-17-10-9-16(12-18(17)26(23,24)21(4)5)20-19(22)15-8-7-13(2)14(3)11-15/h7-12H,6H2,1-5H3,(H,20,22). The van der Waals surface area contributed by atoms with Crippen molar-refractivity contribution in [1.29, 1.82) is 0 Å². The molecule has 0 aromatic heterocycles. The van der Waals surface area contributed by atoms with Crippen LogP contribution in [0.1, 0.15) is 28.4 Å². The van der Waals surface area contributed by atoms with Gasteiger partial charge in [-0.3, -0.25) is 4.79 Å². The lowest BCUT2D eigenvalue weighted by Crippen LogP contribution is -2.23. The molecule has 0 fully saturated rings. The van der Waals surface area contributed by atoms with Crippen LogP contribution < -0.4 is 10.1 Å². The van der Waals surface area contributed by atoms with Crippen LogP contribution in [0.15, 0.2) is 41.3 Å². The van der Waals surface area contributed by atoms with Crippen LogP contribution in [0.25, 0.3) is 0 Å². The second-order valence-corrected chi connectivity index (χ2v) is 8.26. The summed E-state index contributed by atoms with van der Waals surface area (Å²) >= 11 is 0. The minimum Gasteiger partial charge on any atom is -0.492 e. The quantitative estimate of drug-likeness (QED) is 0.840. The molecule has 0 aliphatic heterocycles. The van der Waals surface area contributed by atoms with Crippen LogP contribution in [0.3, 0.4) is 0 Å². The van der Waals surface area contributed by atoms with E-state index in [1.165, 1.54) is 20.2 Å². The summed E-state index contributed by atoms with van der Waals surface area (Å²) in [5, 5.41) is 2.75. The number of benzene rings is 2. The molecule has 0 aliphatic rings. The zero-order valence-corrected chi connectivity index (χ0v) is 16.5. The van der Waals surface area contributed by atoms with Gasteiger partial charge >= 0.3 is 0 Å². The van der Waals surface area contributed by atoms with Gasteiger partial charge in [-0.15, -0.1) is 0 Å². The monoisotopic (exact) mass is 376 g/mol. The molecular formula is C19H24N2O4S. The van der Waals surface area contributed by atoms with Crippen LogP contribution in [0.4, 0.5) is 5.69 Å². The molecular weight excluding hydrogens is 352 g/mol. The van der Waals surface area contributed by atoms with Gasteiger partial charge in [0.25, 0.3) is 5.91 Å². The summed E-state index contributed by atoms with van der Waals surface area (Å²) in [6.45, 7) is 6.03. The lowest BCUT2D eigenvalue weighted by Gasteiger charge is -2.16. The fourth-order valence-electron chi connectivity index (χ4n) is 2.34. The van der Waals surface area contributed by atoms with Gasteiger partial charge in [-0.1, -0.05) is 6.07 Å². The Labute approximate surface area is 154 Å². The first-order valence-corrected chi connectivity index (χ1v) is 9.68. The Morgan fingerprint density at radius 2 is 1.77 bits per heavy atom. The van der Waals surface area contributed by atoms with Crippen molar-refractivity contribution in [2.75, 3.05) is 26.0 Å². The highest BCUT2D eigenvalue weighted by molar-refractivity contribution is 7.89. The molecule has 0 saturated carbocycles. The molecule has 0 radical (unpaired) electrons. The maximum atomic E-state index is 12.6. The Balaban J connectivity index is 2.38. The third kappa shape index (κ3) is 4.23. The van der Waals surface area contributed by atoms with Crippen LogP contribution in [0.2, 0.25) is 0 Å². The maximum Gasteiger partial charge on any atom is 0.255 e. The summed E-state index contributed by atoms with van der Waals surface area (Å²) in [7, 11) is -0.808. The molecule has 1 N–H and O–H groups in total. The van der Waals surface area contributed by atoms with Crippen molar-refractivity contribution in [2.24, 2.45) is 0 Å². The van der Waals surface area contributed by atoms with Crippen molar-refractivity contribution < 1.29 is 17.9 Å². The molecule has 1 amide bonds. The molecule has 0 heterocycles. The smallest absolute Gasteiger partial charge is 0.255 e. The molecule has 0 bridgehead atoms. The Kier molecular flexibility index (Phi) is 6.05. The molecule has 0 unspecified atom stereocenters. The van der Waals surface area contributed by atoms with Crippen molar-refractivity contribution in [3.05, 3.63) is 53.1 Å². The van der Waals surface area contributed by atoms with E-state index in [1.807, 2.05) is 19.9 Å². The summed E-state index contributed by atoms with van der Waals surface area (Å²) in [4.78, 5) is 12.5. The number of carbonyl (C=O) groups is 1. The van der Waals surface area contributed by atoms with Crippen LogP contribution in [0, 0.1) is 13.8 Å². The van der Waals surface area contributed by atoms with Crippen LogP contribution in [-0.4, -0.2) is 39.3 Å². The van der Waals surface area contributed by atoms with Gasteiger partial charge in [0.1, 0.15) is 10.6 Å². The lowest BCUT2D eigenvalue weighted by molar-refractivity contribution is 0.102. The van der Waals surface area contributed by atoms with Crippen molar-refractivity contribution >= 4 is 21.6 Å². The molecule has 0 saturated heterocycles. The normalized spacial score (nSPS) is 11.5. The first-order chi connectivity index (χ1) is 12.2. The zero-order valence-electron chi connectivity index (χ0n) is 15.7. The molecule has 0 spiro atoms. The molecule has 0 aliphatic carbocycles. The number of carbonyl (C=O) groups excluding carboxylic acids is 1. The fraction of sp³-hybridized carbons (Fsp3) is 0.316. The average molecular weight is 376 g/mol. The van der Waals surface area contributed by atoms with E-state index < -0.39 is 10.0 Å². The fourth-order valence-corrected chi connectivity index (χ4v) is 3.40. The Hall–Kier alpha value is -2.38. The first-order valence-electron chi connectivity index (χ1n) is 8.24. The molecule has 2 rings (SSSR count). The highest BCUT2D eigenvalue weighted by atomic mass is 32.2. The molecule has 0 atom stereocenters. The summed E-state index contributed by atoms with van der Waals surface area (Å²) < 4.78 is 31.6. The number of rotatable bonds is 6. The number of hydrogen-bond donors (Lipinski definition) is 1. The van der Waals surface area contributed by atoms with Gasteiger partial charge < -0.3 is 10.1 Å². The topological polar surface area (TPSA) is 75.7 Å². The maximum absolute atomic E-state index is 12.6. The van der Waals surface area contributed by atoms with Crippen molar-refractivity contribution in [3.8, 4) is 5.75 Å². The van der Waals surface area contributed by atoms with E-state index in [0.29, 0.717) is 17.9 Å². The van der Waals surface area contributed by atoms with Gasteiger partial charge in [0.15, 0.2) is 0 Å². The van der Waals surface area contributed by atoms with Crippen molar-refractivity contribution in [2.45, 2.75) is 25.7 Å². The number of sulfonamides is 1. The largest absolute Gasteiger partial charge is 0.492 e. The van der Waals surface area contributed by atoms with Gasteiger partial charge in [0.2, 0.25) is 10.0 Å². The summed E-state index contributed by atoms with van der Waals surface area (Å²) in [5.41, 5.74) is 3.01. The van der Waals surface area contributed by atoms with Gasteiger partial charge in [0.05, 0.1) is 6.61 Å². The van der Waals surface area contributed by atoms with Crippen LogP contribution in [-0.2, 0) is 10.0 Å². The predicted octanol–water partition coefficient (Wildman–Crippen LogP) is 3.20. The Morgan fingerprint density at radius 3 is 2.35 bits per heavy atom. The van der Waals surface area contributed by atoms with Gasteiger partial charge in [0, 0.05) is 25.3 Å². The second-order valence-electron chi connectivity index (χ2n) is 6.14. The molecule has 7 heteroatoms. The van der Waals surface area contributed by atoms with Gasteiger partial charge in [-0.25, -0.2) is 12.7 Å². The lowest BCUT2D eigenvalue weighted by atomic mass is 10.1. The molecule has 2 aromatic rings. The Bertz CT molecular complexity index is 921. The third-order valence-corrected chi connectivity index (χ3v) is 5.87. The van der Waals surface area contributed by atoms with E-state index in [2.05, 4.69) is 5.32 Å². The molecule has 26 heavy (non-hydrogen) atoms. The molecule has 2 aromatic carbocycles. The highest BCUT2D eigenvalue weighted by Gasteiger charge is 2.23. The predicted molar refractivity (Wildman–Crippen MR) is 102 cm³/mol. The van der Waals surface area contributed by atoms with Gasteiger partial charge in [-0.2, -0.15) is 0 Å². The number of nitrogens with zero attached hydrogens (tertiary/aromatic N) is 1. The minimum absolute atomic E-state index is 0.0160. The van der Waals surface area contributed by atoms with E-state index in [9.17, 15) is 13.2 Å². The first kappa shape index (κ1) is 19.9. The van der Waals surface area contributed by atoms with E-state index in [4.69, 9.17) is 4.74 Å². The summed E-state index contributed by atoms with van der Waals surface area (Å²) in [6.07, 6.45) is 0. The average Bonchev–Trinajstić information content (AvgIpc) is 2.58. The SMILES string of the molecule is CCOc1ccc(NC(=O)c2ccc(C)c(C)c2)cc1S(=O)(=O)N(C)C. The van der Waals surface area contributed by atoms with Crippen molar-refractivity contribution in [3.63, 3.8) is 0 Å². The number of aryl methyl sites for hydroxylation is 2. The van der Waals surface area contributed by atoms with E-state index in [1.54, 1.807) is 31.2 Å². The Morgan fingerprint density at radius 1 is 1.08 bits per heavy atom. The summed E-state index contributed by atoms with van der Waals surface area (Å²) in [6, 6.07) is 10.0. The number of anilines is 1. The number of ether oxygens (including phenoxy) is 1. The highest BCUT2D eigenvalue weighted by Crippen LogP contribution is 2.29. The summed E-state index contributed by atoms with van der Waals surface area (Å²) in [5.74, 6) is -0.0455. The zero-order chi connectivity index (χ0) is 19.5. The van der Waals surface area contributed by atoms with E-state index >= 15 is 0 Å². The van der Waals surface area contributed by atoms with Crippen LogP contribution in [0.5, 0.6) is 5.75 Å². The molecule has 6 nitrogen and oxygen atoms in total. The van der Waals surface area contributed by atoms with Crippen molar-refractivity contribution in [1.82, 2.24) is 4.31 Å². The second kappa shape index (κ2) is 7.88. The number of amides is 1. The van der Waals surface area contributed by atoms with E-state index in [-0.39, 0.29) is 16.6 Å².